The van der Waals surface area contributed by atoms with Crippen molar-refractivity contribution < 1.29 is 17.9 Å². The molecule has 142 valence electrons. The van der Waals surface area contributed by atoms with Crippen LogP contribution in [0.1, 0.15) is 31.5 Å². The number of nitrogens with zero attached hydrogens (tertiary/aromatic N) is 2. The number of aliphatic imine (C=N–C) groups is 1. The van der Waals surface area contributed by atoms with Gasteiger partial charge in [0.15, 0.2) is 5.96 Å². The van der Waals surface area contributed by atoms with E-state index in [1.54, 1.807) is 11.3 Å². The third-order valence-corrected chi connectivity index (χ3v) is 4.20. The Labute approximate surface area is 154 Å². The van der Waals surface area contributed by atoms with Crippen LogP contribution in [0, 0.1) is 0 Å². The molecule has 1 aromatic carbocycles. The molecule has 0 amide bonds. The average molecular weight is 386 g/mol. The van der Waals surface area contributed by atoms with E-state index in [4.69, 9.17) is 5.73 Å². The van der Waals surface area contributed by atoms with Gasteiger partial charge in [0.25, 0.3) is 0 Å². The number of nitrogens with two attached hydrogens (primary N) is 1. The minimum atomic E-state index is -4.71. The van der Waals surface area contributed by atoms with Gasteiger partial charge in [-0.3, -0.25) is 4.99 Å². The number of benzene rings is 1. The molecule has 1 aromatic heterocycles. The maximum atomic E-state index is 12.1. The highest BCUT2D eigenvalue weighted by atomic mass is 32.1. The van der Waals surface area contributed by atoms with Crippen molar-refractivity contribution in [3.63, 3.8) is 0 Å². The lowest BCUT2D eigenvalue weighted by atomic mass is 9.93. The summed E-state index contributed by atoms with van der Waals surface area (Å²) in [5.41, 5.74) is 7.38. The highest BCUT2D eigenvalue weighted by molar-refractivity contribution is 7.09. The molecule has 0 aliphatic carbocycles. The number of rotatable bonds is 5. The van der Waals surface area contributed by atoms with E-state index in [1.165, 1.54) is 24.3 Å². The molecule has 9 heteroatoms. The second kappa shape index (κ2) is 7.94. The molecule has 0 bridgehead atoms. The largest absolute Gasteiger partial charge is 0.573 e. The summed E-state index contributed by atoms with van der Waals surface area (Å²) < 4.78 is 40.2. The summed E-state index contributed by atoms with van der Waals surface area (Å²) in [5, 5.41) is 5.85. The summed E-state index contributed by atoms with van der Waals surface area (Å²) >= 11 is 1.59. The van der Waals surface area contributed by atoms with E-state index in [-0.39, 0.29) is 17.1 Å². The van der Waals surface area contributed by atoms with Gasteiger partial charge in [0.05, 0.1) is 10.7 Å². The minimum absolute atomic E-state index is 0.0145. The van der Waals surface area contributed by atoms with Gasteiger partial charge in [0.1, 0.15) is 5.75 Å². The maximum absolute atomic E-state index is 12.1. The molecule has 0 aliphatic rings. The maximum Gasteiger partial charge on any atom is 0.573 e. The van der Waals surface area contributed by atoms with Crippen LogP contribution in [0.15, 0.2) is 34.6 Å². The van der Waals surface area contributed by atoms with Crippen LogP contribution in [0.25, 0.3) is 0 Å². The Bertz CT molecular complexity index is 749. The summed E-state index contributed by atoms with van der Waals surface area (Å²) in [4.78, 5) is 8.79. The van der Waals surface area contributed by atoms with E-state index < -0.39 is 6.36 Å². The lowest BCUT2D eigenvalue weighted by Crippen LogP contribution is -2.23. The van der Waals surface area contributed by atoms with E-state index in [9.17, 15) is 13.2 Å². The summed E-state index contributed by atoms with van der Waals surface area (Å²) in [6, 6.07) is 5.26. The van der Waals surface area contributed by atoms with Crippen molar-refractivity contribution in [2.45, 2.75) is 39.0 Å². The molecular formula is C17H21F3N4OS. The monoisotopic (exact) mass is 386 g/mol. The molecular weight excluding hydrogens is 365 g/mol. The number of aromatic nitrogens is 1. The first kappa shape index (κ1) is 20.0. The SMILES string of the molecule is CC(C)(C)c1csc(CCN=C(N)Nc2ccc(OC(F)(F)F)cc2)n1. The third kappa shape index (κ3) is 6.55. The number of anilines is 1. The van der Waals surface area contributed by atoms with Crippen LogP contribution in [0.5, 0.6) is 5.75 Å². The van der Waals surface area contributed by atoms with Crippen LogP contribution in [0.2, 0.25) is 0 Å². The van der Waals surface area contributed by atoms with Gasteiger partial charge < -0.3 is 15.8 Å². The normalized spacial score (nSPS) is 12.9. The predicted octanol–water partition coefficient (Wildman–Crippen LogP) is 4.31. The first-order valence-corrected chi connectivity index (χ1v) is 8.78. The number of nitrogens with one attached hydrogen (secondary N) is 1. The summed E-state index contributed by atoms with van der Waals surface area (Å²) in [6.45, 7) is 6.79. The highest BCUT2D eigenvalue weighted by Crippen LogP contribution is 2.25. The van der Waals surface area contributed by atoms with Gasteiger partial charge >= 0.3 is 6.36 Å². The Hall–Kier alpha value is -2.29. The average Bonchev–Trinajstić information content (AvgIpc) is 2.97. The topological polar surface area (TPSA) is 72.5 Å². The lowest BCUT2D eigenvalue weighted by Gasteiger charge is -2.14. The molecule has 0 radical (unpaired) electrons. The summed E-state index contributed by atoms with van der Waals surface area (Å²) in [6.07, 6.45) is -4.04. The number of ether oxygens (including phenoxy) is 1. The van der Waals surface area contributed by atoms with Crippen LogP contribution < -0.4 is 15.8 Å². The molecule has 0 saturated carbocycles. The van der Waals surface area contributed by atoms with Crippen molar-refractivity contribution in [2.24, 2.45) is 10.7 Å². The van der Waals surface area contributed by atoms with Crippen molar-refractivity contribution in [2.75, 3.05) is 11.9 Å². The number of alkyl halides is 3. The van der Waals surface area contributed by atoms with E-state index in [1.807, 2.05) is 5.38 Å². The van der Waals surface area contributed by atoms with Crippen molar-refractivity contribution in [1.29, 1.82) is 0 Å². The predicted molar refractivity (Wildman–Crippen MR) is 97.8 cm³/mol. The van der Waals surface area contributed by atoms with Crippen molar-refractivity contribution in [1.82, 2.24) is 4.98 Å². The van der Waals surface area contributed by atoms with Crippen molar-refractivity contribution >= 4 is 23.0 Å². The molecule has 0 fully saturated rings. The van der Waals surface area contributed by atoms with Crippen LogP contribution in [0.4, 0.5) is 18.9 Å². The van der Waals surface area contributed by atoms with Crippen LogP contribution in [0.3, 0.4) is 0 Å². The number of hydrogen-bond acceptors (Lipinski definition) is 4. The molecule has 2 rings (SSSR count). The zero-order valence-corrected chi connectivity index (χ0v) is 15.5. The zero-order valence-electron chi connectivity index (χ0n) is 14.7. The Morgan fingerprint density at radius 3 is 2.42 bits per heavy atom. The lowest BCUT2D eigenvalue weighted by molar-refractivity contribution is -0.274. The standard InChI is InChI=1S/C17H21F3N4OS/c1-16(2,3)13-10-26-14(24-13)8-9-22-15(21)23-11-4-6-12(7-5-11)25-17(18,19)20/h4-7,10H,8-9H2,1-3H3,(H3,21,22,23). The molecule has 5 nitrogen and oxygen atoms in total. The Balaban J connectivity index is 1.85. The fraction of sp³-hybridized carbons (Fsp3) is 0.412. The van der Waals surface area contributed by atoms with Gasteiger partial charge in [-0.2, -0.15) is 0 Å². The van der Waals surface area contributed by atoms with E-state index >= 15 is 0 Å². The number of thiazole rings is 1. The van der Waals surface area contributed by atoms with E-state index in [0.29, 0.717) is 18.7 Å². The molecule has 26 heavy (non-hydrogen) atoms. The van der Waals surface area contributed by atoms with Crippen LogP contribution in [-0.4, -0.2) is 23.9 Å². The van der Waals surface area contributed by atoms with E-state index in [2.05, 4.69) is 40.8 Å². The first-order valence-electron chi connectivity index (χ1n) is 7.90. The molecule has 0 unspecified atom stereocenters. The van der Waals surface area contributed by atoms with Gasteiger partial charge in [-0.05, 0) is 24.3 Å². The highest BCUT2D eigenvalue weighted by Gasteiger charge is 2.30. The quantitative estimate of drug-likeness (QED) is 0.593. The summed E-state index contributed by atoms with van der Waals surface area (Å²) in [7, 11) is 0. The number of hydrogen-bond donors (Lipinski definition) is 2. The Kier molecular flexibility index (Phi) is 6.12. The molecule has 0 atom stereocenters. The summed E-state index contributed by atoms with van der Waals surface area (Å²) in [5.74, 6) is -0.112. The Morgan fingerprint density at radius 1 is 1.23 bits per heavy atom. The zero-order chi connectivity index (χ0) is 19.4. The van der Waals surface area contributed by atoms with Gasteiger partial charge in [0.2, 0.25) is 0 Å². The van der Waals surface area contributed by atoms with Gasteiger partial charge in [0, 0.05) is 29.4 Å². The fourth-order valence-electron chi connectivity index (χ4n) is 1.97. The van der Waals surface area contributed by atoms with Crippen LogP contribution in [-0.2, 0) is 11.8 Å². The molecule has 3 N–H and O–H groups in total. The molecule has 2 aromatic rings. The Morgan fingerprint density at radius 2 is 1.88 bits per heavy atom. The molecule has 0 saturated heterocycles. The fourth-order valence-corrected chi connectivity index (χ4v) is 2.98. The van der Waals surface area contributed by atoms with Gasteiger partial charge in [-0.25, -0.2) is 4.98 Å². The van der Waals surface area contributed by atoms with Crippen LogP contribution >= 0.6 is 11.3 Å². The first-order chi connectivity index (χ1) is 12.0. The van der Waals surface area contributed by atoms with Crippen molar-refractivity contribution in [3.8, 4) is 5.75 Å². The smallest absolute Gasteiger partial charge is 0.406 e. The molecule has 1 heterocycles. The second-order valence-corrected chi connectivity index (χ2v) is 7.53. The van der Waals surface area contributed by atoms with E-state index in [0.717, 1.165) is 10.7 Å². The number of guanidine groups is 1. The third-order valence-electron chi connectivity index (χ3n) is 3.29. The molecule has 0 spiro atoms. The second-order valence-electron chi connectivity index (χ2n) is 6.59. The number of halogens is 3. The minimum Gasteiger partial charge on any atom is -0.406 e. The van der Waals surface area contributed by atoms with Gasteiger partial charge in [-0.15, -0.1) is 24.5 Å². The molecule has 0 aliphatic heterocycles. The van der Waals surface area contributed by atoms with Crippen molar-refractivity contribution in [3.05, 3.63) is 40.3 Å². The van der Waals surface area contributed by atoms with Gasteiger partial charge in [-0.1, -0.05) is 20.8 Å².